The molecule has 7 nitrogen and oxygen atoms in total. The second-order valence-electron chi connectivity index (χ2n) is 6.73. The lowest BCUT2D eigenvalue weighted by molar-refractivity contribution is -0.132. The van der Waals surface area contributed by atoms with Crippen LogP contribution in [0, 0.1) is 0 Å². The fourth-order valence-electron chi connectivity index (χ4n) is 2.56. The summed E-state index contributed by atoms with van der Waals surface area (Å²) in [6.45, 7) is 4.36. The van der Waals surface area contributed by atoms with Crippen molar-refractivity contribution >= 4 is 29.4 Å². The average Bonchev–Trinajstić information content (AvgIpc) is 2.77. The van der Waals surface area contributed by atoms with Gasteiger partial charge in [-0.3, -0.25) is 14.5 Å². The van der Waals surface area contributed by atoms with E-state index in [9.17, 15) is 14.4 Å². The molecule has 0 aromatic heterocycles. The van der Waals surface area contributed by atoms with Gasteiger partial charge in [0.1, 0.15) is 17.9 Å². The van der Waals surface area contributed by atoms with Crippen molar-refractivity contribution in [2.75, 3.05) is 26.7 Å². The predicted molar refractivity (Wildman–Crippen MR) is 98.1 cm³/mol. The molecule has 4 amide bonds. The highest BCUT2D eigenvalue weighted by atomic mass is 35.5. The maximum absolute atomic E-state index is 12.1. The summed E-state index contributed by atoms with van der Waals surface area (Å²) in [6.07, 6.45) is 0.686. The van der Waals surface area contributed by atoms with Crippen molar-refractivity contribution in [1.29, 1.82) is 0 Å². The number of nitrogens with zero attached hydrogens (tertiary/aromatic N) is 2. The summed E-state index contributed by atoms with van der Waals surface area (Å²) in [5.41, 5.74) is -0.878. The predicted octanol–water partition coefficient (Wildman–Crippen LogP) is 2.29. The van der Waals surface area contributed by atoms with Crippen molar-refractivity contribution in [3.8, 4) is 5.75 Å². The highest BCUT2D eigenvalue weighted by Crippen LogP contribution is 2.17. The van der Waals surface area contributed by atoms with Crippen LogP contribution < -0.4 is 10.1 Å². The van der Waals surface area contributed by atoms with Crippen molar-refractivity contribution < 1.29 is 19.1 Å². The lowest BCUT2D eigenvalue weighted by atomic mass is 10.1. The van der Waals surface area contributed by atoms with Crippen molar-refractivity contribution in [2.24, 2.45) is 0 Å². The number of hydrogen-bond acceptors (Lipinski definition) is 4. The van der Waals surface area contributed by atoms with E-state index >= 15 is 0 Å². The molecule has 1 aliphatic rings. The normalized spacial score (nSPS) is 15.8. The fraction of sp³-hybridized carbons (Fsp3) is 0.500. The maximum Gasteiger partial charge on any atom is 0.325 e. The largest absolute Gasteiger partial charge is 0.492 e. The quantitative estimate of drug-likeness (QED) is 0.701. The number of hydrogen-bond donors (Lipinski definition) is 1. The molecule has 0 saturated carbocycles. The Morgan fingerprint density at radius 2 is 1.92 bits per heavy atom. The highest BCUT2D eigenvalue weighted by molar-refractivity contribution is 6.30. The van der Waals surface area contributed by atoms with Gasteiger partial charge in [-0.25, -0.2) is 4.79 Å². The average molecular weight is 382 g/mol. The van der Waals surface area contributed by atoms with Crippen LogP contribution in [0.3, 0.4) is 0 Å². The number of halogens is 1. The van der Waals surface area contributed by atoms with Gasteiger partial charge >= 0.3 is 6.03 Å². The lowest BCUT2D eigenvalue weighted by Crippen LogP contribution is -2.40. The molecule has 1 heterocycles. The number of carbonyl (C=O) groups excluding carboxylic acids is 3. The van der Waals surface area contributed by atoms with E-state index < -0.39 is 11.6 Å². The summed E-state index contributed by atoms with van der Waals surface area (Å²) in [5, 5.41) is 3.26. The van der Waals surface area contributed by atoms with Gasteiger partial charge in [0.25, 0.3) is 5.91 Å². The maximum atomic E-state index is 12.1. The SMILES string of the molecule is CN(CCOc1ccc(Cl)cc1)C(=O)CCCN1C(=O)NC(C)(C)C1=O. The van der Waals surface area contributed by atoms with Crippen LogP contribution in [-0.2, 0) is 9.59 Å². The van der Waals surface area contributed by atoms with E-state index in [2.05, 4.69) is 5.32 Å². The molecule has 1 aromatic rings. The van der Waals surface area contributed by atoms with Crippen LogP contribution in [0.15, 0.2) is 24.3 Å². The number of nitrogens with one attached hydrogen (secondary N) is 1. The fourth-order valence-corrected chi connectivity index (χ4v) is 2.68. The second kappa shape index (κ2) is 8.40. The van der Waals surface area contributed by atoms with Gasteiger partial charge in [-0.2, -0.15) is 0 Å². The third-order valence-corrected chi connectivity index (χ3v) is 4.40. The summed E-state index contributed by atoms with van der Waals surface area (Å²) in [5.74, 6) is 0.368. The zero-order valence-corrected chi connectivity index (χ0v) is 16.0. The molecule has 1 saturated heterocycles. The van der Waals surface area contributed by atoms with Crippen molar-refractivity contribution in [3.63, 3.8) is 0 Å². The molecule has 26 heavy (non-hydrogen) atoms. The number of benzene rings is 1. The van der Waals surface area contributed by atoms with Crippen LogP contribution in [0.5, 0.6) is 5.75 Å². The Hall–Kier alpha value is -2.28. The van der Waals surface area contributed by atoms with E-state index in [1.165, 1.54) is 0 Å². The Labute approximate surface area is 158 Å². The third-order valence-electron chi connectivity index (χ3n) is 4.15. The monoisotopic (exact) mass is 381 g/mol. The molecule has 1 aliphatic heterocycles. The Morgan fingerprint density at radius 3 is 2.50 bits per heavy atom. The van der Waals surface area contributed by atoms with Gasteiger partial charge in [-0.15, -0.1) is 0 Å². The van der Waals surface area contributed by atoms with E-state index in [-0.39, 0.29) is 24.8 Å². The first-order chi connectivity index (χ1) is 12.2. The molecule has 8 heteroatoms. The third kappa shape index (κ3) is 5.11. The lowest BCUT2D eigenvalue weighted by Gasteiger charge is -2.19. The van der Waals surface area contributed by atoms with Crippen LogP contribution in [0.25, 0.3) is 0 Å². The van der Waals surface area contributed by atoms with E-state index in [1.807, 2.05) is 0 Å². The van der Waals surface area contributed by atoms with Crippen molar-refractivity contribution in [3.05, 3.63) is 29.3 Å². The number of imide groups is 1. The molecule has 0 bridgehead atoms. The zero-order valence-electron chi connectivity index (χ0n) is 15.3. The molecule has 0 aliphatic carbocycles. The summed E-state index contributed by atoms with van der Waals surface area (Å²) in [7, 11) is 1.70. The molecule has 1 fully saturated rings. The van der Waals surface area contributed by atoms with E-state index in [4.69, 9.17) is 16.3 Å². The van der Waals surface area contributed by atoms with Crippen molar-refractivity contribution in [1.82, 2.24) is 15.1 Å². The Bertz CT molecular complexity index is 676. The first-order valence-corrected chi connectivity index (χ1v) is 8.85. The molecule has 0 spiro atoms. The van der Waals surface area contributed by atoms with E-state index in [0.717, 1.165) is 4.90 Å². The van der Waals surface area contributed by atoms with Gasteiger partial charge in [-0.05, 0) is 44.5 Å². The van der Waals surface area contributed by atoms with Gasteiger partial charge < -0.3 is 15.0 Å². The number of amides is 4. The molecular formula is C18H24ClN3O4. The molecule has 2 rings (SSSR count). The Balaban J connectivity index is 1.68. The van der Waals surface area contributed by atoms with Gasteiger partial charge in [-0.1, -0.05) is 11.6 Å². The van der Waals surface area contributed by atoms with Crippen LogP contribution in [0.4, 0.5) is 4.79 Å². The summed E-state index contributed by atoms with van der Waals surface area (Å²) < 4.78 is 5.56. The smallest absolute Gasteiger partial charge is 0.325 e. The van der Waals surface area contributed by atoms with Crippen LogP contribution in [-0.4, -0.2) is 59.9 Å². The number of urea groups is 1. The van der Waals surface area contributed by atoms with Crippen molar-refractivity contribution in [2.45, 2.75) is 32.2 Å². The molecular weight excluding hydrogens is 358 g/mol. The van der Waals surface area contributed by atoms with Gasteiger partial charge in [0.05, 0.1) is 6.54 Å². The summed E-state index contributed by atoms with van der Waals surface area (Å²) >= 11 is 5.81. The summed E-state index contributed by atoms with van der Waals surface area (Å²) in [6, 6.07) is 6.61. The number of carbonyl (C=O) groups is 3. The topological polar surface area (TPSA) is 79.0 Å². The molecule has 1 aromatic carbocycles. The van der Waals surface area contributed by atoms with Gasteiger partial charge in [0.15, 0.2) is 0 Å². The molecule has 1 N–H and O–H groups in total. The number of likely N-dealkylation sites (N-methyl/N-ethyl adjacent to an activating group) is 1. The van der Waals surface area contributed by atoms with E-state index in [0.29, 0.717) is 30.3 Å². The first kappa shape index (κ1) is 20.0. The molecule has 142 valence electrons. The molecule has 0 atom stereocenters. The van der Waals surface area contributed by atoms with Gasteiger partial charge in [0, 0.05) is 25.0 Å². The highest BCUT2D eigenvalue weighted by Gasteiger charge is 2.43. The second-order valence-corrected chi connectivity index (χ2v) is 7.17. The Kier molecular flexibility index (Phi) is 6.47. The molecule has 0 unspecified atom stereocenters. The molecule has 0 radical (unpaired) electrons. The number of rotatable bonds is 8. The summed E-state index contributed by atoms with van der Waals surface area (Å²) in [4.78, 5) is 38.7. The van der Waals surface area contributed by atoms with Gasteiger partial charge in [0.2, 0.25) is 5.91 Å². The minimum Gasteiger partial charge on any atom is -0.492 e. The Morgan fingerprint density at radius 1 is 1.27 bits per heavy atom. The number of ether oxygens (including phenoxy) is 1. The van der Waals surface area contributed by atoms with E-state index in [1.54, 1.807) is 50.1 Å². The van der Waals surface area contributed by atoms with Crippen LogP contribution >= 0.6 is 11.6 Å². The minimum absolute atomic E-state index is 0.0592. The standard InChI is InChI=1S/C18H24ClN3O4/c1-18(2)16(24)22(17(25)20-18)10-4-5-15(23)21(3)11-12-26-14-8-6-13(19)7-9-14/h6-9H,4-5,10-12H2,1-3H3,(H,20,25). The van der Waals surface area contributed by atoms with Crippen LogP contribution in [0.1, 0.15) is 26.7 Å². The zero-order chi connectivity index (χ0) is 19.3. The van der Waals surface area contributed by atoms with Crippen LogP contribution in [0.2, 0.25) is 5.02 Å². The minimum atomic E-state index is -0.878. The first-order valence-electron chi connectivity index (χ1n) is 8.47.